The number of hydrogen-bond donors (Lipinski definition) is 1. The van der Waals surface area contributed by atoms with E-state index in [0.717, 1.165) is 25.7 Å². The van der Waals surface area contributed by atoms with Crippen LogP contribution in [-0.4, -0.2) is 33.4 Å². The van der Waals surface area contributed by atoms with Gasteiger partial charge in [-0.1, -0.05) is 79.1 Å². The third kappa shape index (κ3) is 6.73. The van der Waals surface area contributed by atoms with E-state index in [2.05, 4.69) is 41.5 Å². The first-order valence-corrected chi connectivity index (χ1v) is 11.9. The number of hydroxylamine groups is 2. The highest BCUT2D eigenvalue weighted by Gasteiger charge is 2.53. The molecule has 0 aromatic carbocycles. The van der Waals surface area contributed by atoms with Crippen LogP contribution in [0, 0.1) is 5.92 Å². The molecule has 166 valence electrons. The van der Waals surface area contributed by atoms with Gasteiger partial charge in [0.2, 0.25) is 0 Å². The lowest BCUT2D eigenvalue weighted by atomic mass is 9.69. The zero-order valence-corrected chi connectivity index (χ0v) is 19.6. The van der Waals surface area contributed by atoms with Crippen molar-refractivity contribution in [3.05, 3.63) is 0 Å². The Balaban J connectivity index is 2.40. The number of carbonyl (C=O) groups excluding carboxylic acids is 1. The average molecular weight is 398 g/mol. The molecule has 1 heterocycles. The van der Waals surface area contributed by atoms with Gasteiger partial charge in [-0.25, -0.2) is 0 Å². The molecule has 4 nitrogen and oxygen atoms in total. The summed E-state index contributed by atoms with van der Waals surface area (Å²) in [5.74, 6) is 0.0392. The lowest BCUT2D eigenvalue weighted by Crippen LogP contribution is -2.67. The summed E-state index contributed by atoms with van der Waals surface area (Å²) in [4.78, 5) is 12.4. The first-order chi connectivity index (χ1) is 13.2. The Hall–Kier alpha value is -0.610. The molecule has 28 heavy (non-hydrogen) atoms. The van der Waals surface area contributed by atoms with E-state index in [1.165, 1.54) is 44.9 Å². The molecule has 0 spiro atoms. The van der Waals surface area contributed by atoms with Gasteiger partial charge in [0.25, 0.3) is 0 Å². The molecule has 4 heteroatoms. The third-order valence-electron chi connectivity index (χ3n) is 7.42. The maximum atomic E-state index is 12.4. The van der Waals surface area contributed by atoms with Crippen LogP contribution in [0.15, 0.2) is 0 Å². The van der Waals surface area contributed by atoms with E-state index in [1.807, 2.05) is 0 Å². The van der Waals surface area contributed by atoms with Gasteiger partial charge >= 0.3 is 5.97 Å². The van der Waals surface area contributed by atoms with E-state index < -0.39 is 0 Å². The molecular formula is C24H47NO3. The van der Waals surface area contributed by atoms with Crippen LogP contribution in [0.4, 0.5) is 0 Å². The molecule has 0 aromatic heterocycles. The Morgan fingerprint density at radius 3 is 2.00 bits per heavy atom. The SMILES string of the molecule is CCCCCCCCCCCC(=O)OC1CC(C)(CC)N(O)C(C)(CC)C1C. The molecule has 1 aliphatic heterocycles. The summed E-state index contributed by atoms with van der Waals surface area (Å²) in [5.41, 5.74) is -0.717. The summed E-state index contributed by atoms with van der Waals surface area (Å²) in [6.45, 7) is 12.7. The molecule has 0 radical (unpaired) electrons. The number of rotatable bonds is 13. The van der Waals surface area contributed by atoms with Crippen LogP contribution in [0.2, 0.25) is 0 Å². The van der Waals surface area contributed by atoms with Crippen molar-refractivity contribution in [3.8, 4) is 0 Å². The number of piperidine rings is 1. The minimum Gasteiger partial charge on any atom is -0.462 e. The maximum Gasteiger partial charge on any atom is 0.306 e. The van der Waals surface area contributed by atoms with Gasteiger partial charge in [0.1, 0.15) is 6.10 Å². The van der Waals surface area contributed by atoms with Crippen LogP contribution in [0.3, 0.4) is 0 Å². The minimum absolute atomic E-state index is 0.0666. The Labute approximate surface area is 174 Å². The molecule has 1 N–H and O–H groups in total. The van der Waals surface area contributed by atoms with Gasteiger partial charge in [-0.3, -0.25) is 4.79 Å². The molecule has 0 bridgehead atoms. The molecule has 0 amide bonds. The van der Waals surface area contributed by atoms with Crippen LogP contribution in [0.25, 0.3) is 0 Å². The molecule has 1 saturated heterocycles. The van der Waals surface area contributed by atoms with Gasteiger partial charge in [0.15, 0.2) is 0 Å². The number of ether oxygens (including phenoxy) is 1. The quantitative estimate of drug-likeness (QED) is 0.271. The Kier molecular flexibility index (Phi) is 11.1. The molecule has 1 aliphatic rings. The fraction of sp³-hybridized carbons (Fsp3) is 0.958. The maximum absolute atomic E-state index is 12.4. The second-order valence-electron chi connectivity index (χ2n) is 9.47. The lowest BCUT2D eigenvalue weighted by Gasteiger charge is -2.57. The summed E-state index contributed by atoms with van der Waals surface area (Å²) in [5, 5.41) is 12.4. The minimum atomic E-state index is -0.369. The topological polar surface area (TPSA) is 49.8 Å². The second-order valence-corrected chi connectivity index (χ2v) is 9.47. The molecule has 1 fully saturated rings. The van der Waals surface area contributed by atoms with E-state index in [1.54, 1.807) is 5.06 Å². The number of hydrogen-bond acceptors (Lipinski definition) is 4. The van der Waals surface area contributed by atoms with E-state index in [-0.39, 0.29) is 29.1 Å². The molecule has 1 rings (SSSR count). The second kappa shape index (κ2) is 12.2. The van der Waals surface area contributed by atoms with Crippen molar-refractivity contribution >= 4 is 5.97 Å². The zero-order valence-electron chi connectivity index (χ0n) is 19.6. The first kappa shape index (κ1) is 25.4. The van der Waals surface area contributed by atoms with Crippen molar-refractivity contribution in [2.45, 2.75) is 142 Å². The van der Waals surface area contributed by atoms with E-state index in [0.29, 0.717) is 12.8 Å². The molecular weight excluding hydrogens is 350 g/mol. The van der Waals surface area contributed by atoms with Gasteiger partial charge in [0, 0.05) is 29.8 Å². The number of nitrogens with zero attached hydrogens (tertiary/aromatic N) is 1. The summed E-state index contributed by atoms with van der Waals surface area (Å²) < 4.78 is 5.94. The number of carbonyl (C=O) groups is 1. The van der Waals surface area contributed by atoms with Gasteiger partial charge < -0.3 is 9.94 Å². The predicted octanol–water partition coefficient (Wildman–Crippen LogP) is 6.89. The average Bonchev–Trinajstić information content (AvgIpc) is 2.69. The molecule has 0 aliphatic carbocycles. The van der Waals surface area contributed by atoms with Gasteiger partial charge in [0.05, 0.1) is 0 Å². The van der Waals surface area contributed by atoms with Crippen molar-refractivity contribution < 1.29 is 14.7 Å². The van der Waals surface area contributed by atoms with E-state index in [4.69, 9.17) is 4.74 Å². The van der Waals surface area contributed by atoms with Crippen LogP contribution in [0.5, 0.6) is 0 Å². The normalized spacial score (nSPS) is 31.1. The molecule has 0 saturated carbocycles. The van der Waals surface area contributed by atoms with Crippen LogP contribution in [0.1, 0.15) is 125 Å². The van der Waals surface area contributed by atoms with Crippen LogP contribution in [-0.2, 0) is 9.53 Å². The molecule has 4 unspecified atom stereocenters. The Morgan fingerprint density at radius 1 is 0.964 bits per heavy atom. The number of unbranched alkanes of at least 4 members (excludes halogenated alkanes) is 8. The van der Waals surface area contributed by atoms with Gasteiger partial charge in [-0.15, -0.1) is 0 Å². The Morgan fingerprint density at radius 2 is 1.50 bits per heavy atom. The van der Waals surface area contributed by atoms with Crippen molar-refractivity contribution in [1.82, 2.24) is 5.06 Å². The highest BCUT2D eigenvalue weighted by Crippen LogP contribution is 2.45. The Bertz CT molecular complexity index is 455. The van der Waals surface area contributed by atoms with Crippen molar-refractivity contribution in [2.75, 3.05) is 0 Å². The standard InChI is InChI=1S/C24H47NO3/c1-7-10-11-12-13-14-15-16-17-18-22(26)28-21-19-23(5,8-2)25(27)24(6,9-3)20(21)4/h20-21,27H,7-19H2,1-6H3. The van der Waals surface area contributed by atoms with Crippen molar-refractivity contribution in [2.24, 2.45) is 5.92 Å². The highest BCUT2D eigenvalue weighted by atomic mass is 16.5. The van der Waals surface area contributed by atoms with Crippen molar-refractivity contribution in [1.29, 1.82) is 0 Å². The number of esters is 1. The van der Waals surface area contributed by atoms with Gasteiger partial charge in [-0.2, -0.15) is 5.06 Å². The largest absolute Gasteiger partial charge is 0.462 e. The van der Waals surface area contributed by atoms with E-state index >= 15 is 0 Å². The van der Waals surface area contributed by atoms with Crippen LogP contribution >= 0.6 is 0 Å². The van der Waals surface area contributed by atoms with Crippen LogP contribution < -0.4 is 0 Å². The molecule has 0 aromatic rings. The zero-order chi connectivity index (χ0) is 21.2. The van der Waals surface area contributed by atoms with Gasteiger partial charge in [-0.05, 0) is 33.1 Å². The molecule has 4 atom stereocenters. The summed E-state index contributed by atoms with van der Waals surface area (Å²) >= 11 is 0. The predicted molar refractivity (Wildman–Crippen MR) is 117 cm³/mol. The summed E-state index contributed by atoms with van der Waals surface area (Å²) in [6, 6.07) is 0. The summed E-state index contributed by atoms with van der Waals surface area (Å²) in [6.07, 6.45) is 14.0. The fourth-order valence-electron chi connectivity index (χ4n) is 4.62. The first-order valence-electron chi connectivity index (χ1n) is 11.9. The fourth-order valence-corrected chi connectivity index (χ4v) is 4.62. The smallest absolute Gasteiger partial charge is 0.306 e. The van der Waals surface area contributed by atoms with Crippen molar-refractivity contribution in [3.63, 3.8) is 0 Å². The van der Waals surface area contributed by atoms with E-state index in [9.17, 15) is 10.0 Å². The third-order valence-corrected chi connectivity index (χ3v) is 7.42. The monoisotopic (exact) mass is 397 g/mol. The highest BCUT2D eigenvalue weighted by molar-refractivity contribution is 5.69. The summed E-state index contributed by atoms with van der Waals surface area (Å²) in [7, 11) is 0. The lowest BCUT2D eigenvalue weighted by molar-refractivity contribution is -0.289.